The molecule has 10 aromatic carbocycles. The summed E-state index contributed by atoms with van der Waals surface area (Å²) in [6.07, 6.45) is 0. The lowest BCUT2D eigenvalue weighted by atomic mass is 9.82. The average Bonchev–Trinajstić information content (AvgIpc) is 4.14. The minimum atomic E-state index is -0.214. The normalized spacial score (nSPS) is 13.0. The number of fused-ring (bicyclic) bond motifs is 12. The van der Waals surface area contributed by atoms with Gasteiger partial charge < -0.3 is 13.6 Å². The summed E-state index contributed by atoms with van der Waals surface area (Å²) in [4.78, 5) is 10.2. The maximum atomic E-state index is 6.43. The molecule has 0 unspecified atom stereocenters. The molecule has 0 bridgehead atoms. The van der Waals surface area contributed by atoms with E-state index in [1.54, 1.807) is 0 Å². The number of rotatable bonds is 6. The largest absolute Gasteiger partial charge is 0.456 e. The van der Waals surface area contributed by atoms with Gasteiger partial charge in [-0.15, -0.1) is 0 Å². The summed E-state index contributed by atoms with van der Waals surface area (Å²) in [6, 6.07) is 83.0. The zero-order valence-electron chi connectivity index (χ0n) is 39.6. The van der Waals surface area contributed by atoms with Crippen LogP contribution < -0.4 is 0 Å². The van der Waals surface area contributed by atoms with Crippen molar-refractivity contribution in [3.63, 3.8) is 0 Å². The molecule has 5 nitrogen and oxygen atoms in total. The minimum absolute atomic E-state index is 0.214. The summed E-state index contributed by atoms with van der Waals surface area (Å²) in [6.45, 7) is 4.76. The van der Waals surface area contributed by atoms with Crippen LogP contribution in [0.2, 0.25) is 0 Å². The van der Waals surface area contributed by atoms with Gasteiger partial charge in [0.25, 0.3) is 0 Å². The molecule has 0 radical (unpaired) electrons. The molecule has 0 fully saturated rings. The predicted molar refractivity (Wildman–Crippen MR) is 297 cm³/mol. The van der Waals surface area contributed by atoms with Gasteiger partial charge in [0.2, 0.25) is 0 Å². The first-order valence-corrected chi connectivity index (χ1v) is 24.7. The molecule has 14 aromatic rings. The molecule has 4 heterocycles. The first kappa shape index (κ1) is 40.6. The molecule has 1 aliphatic carbocycles. The van der Waals surface area contributed by atoms with Gasteiger partial charge in [0.15, 0.2) is 5.82 Å². The van der Waals surface area contributed by atoms with E-state index in [1.807, 2.05) is 30.3 Å². The number of hydrogen-bond donors (Lipinski definition) is 0. The highest BCUT2D eigenvalue weighted by molar-refractivity contribution is 6.18. The minimum Gasteiger partial charge on any atom is -0.456 e. The number of aromatic nitrogens is 4. The zero-order valence-corrected chi connectivity index (χ0v) is 39.6. The van der Waals surface area contributed by atoms with Gasteiger partial charge in [-0.3, -0.25) is 0 Å². The van der Waals surface area contributed by atoms with E-state index in [9.17, 15) is 0 Å². The summed E-state index contributed by atoms with van der Waals surface area (Å²) in [5, 5.41) is 7.17. The highest BCUT2D eigenvalue weighted by Gasteiger charge is 2.37. The second-order valence-electron chi connectivity index (χ2n) is 19.8. The highest BCUT2D eigenvalue weighted by atomic mass is 16.3. The van der Waals surface area contributed by atoms with Gasteiger partial charge in [-0.25, -0.2) is 9.97 Å². The van der Waals surface area contributed by atoms with E-state index in [2.05, 4.69) is 223 Å². The fourth-order valence-corrected chi connectivity index (χ4v) is 11.8. The SMILES string of the molecule is CC1(C)c2ccc(-c3ccc4c(c3)c3cc5c(cc3n4-c3ccccc3)oc3ccccc35)cc2-c2cc3c4ccccc4n(-c4ccc(-c5cc(-c6ccccc6)nc(-c6ccccc6)n5)cc4)c3cc21. The van der Waals surface area contributed by atoms with Crippen LogP contribution in [-0.2, 0) is 5.41 Å². The number of hydrogen-bond acceptors (Lipinski definition) is 3. The second kappa shape index (κ2) is 15.3. The van der Waals surface area contributed by atoms with Crippen molar-refractivity contribution >= 4 is 65.6 Å². The molecular weight excluding hydrogens is 877 g/mol. The van der Waals surface area contributed by atoms with Crippen LogP contribution in [0.25, 0.3) is 133 Å². The van der Waals surface area contributed by atoms with E-state index in [0.717, 1.165) is 66.9 Å². The molecule has 15 rings (SSSR count). The Balaban J connectivity index is 0.851. The second-order valence-corrected chi connectivity index (χ2v) is 19.8. The lowest BCUT2D eigenvalue weighted by Gasteiger charge is -2.22. The van der Waals surface area contributed by atoms with Crippen molar-refractivity contribution in [2.45, 2.75) is 19.3 Å². The summed E-state index contributed by atoms with van der Waals surface area (Å²) in [7, 11) is 0. The van der Waals surface area contributed by atoms with Crippen LogP contribution in [0.3, 0.4) is 0 Å². The van der Waals surface area contributed by atoms with Crippen molar-refractivity contribution in [3.05, 3.63) is 242 Å². The summed E-state index contributed by atoms with van der Waals surface area (Å²) >= 11 is 0. The van der Waals surface area contributed by atoms with Crippen LogP contribution in [0.5, 0.6) is 0 Å². The molecule has 338 valence electrons. The van der Waals surface area contributed by atoms with Crippen molar-refractivity contribution in [3.8, 4) is 67.5 Å². The van der Waals surface area contributed by atoms with Gasteiger partial charge in [0.1, 0.15) is 11.2 Å². The Bertz CT molecular complexity index is 4450. The quantitative estimate of drug-likeness (QED) is 0.167. The van der Waals surface area contributed by atoms with Crippen LogP contribution in [0.1, 0.15) is 25.0 Å². The Morgan fingerprint density at radius 2 is 0.875 bits per heavy atom. The summed E-state index contributed by atoms with van der Waals surface area (Å²) < 4.78 is 11.2. The van der Waals surface area contributed by atoms with Crippen molar-refractivity contribution in [2.75, 3.05) is 0 Å². The Kier molecular flexibility index (Phi) is 8.64. The molecule has 0 N–H and O–H groups in total. The summed E-state index contributed by atoms with van der Waals surface area (Å²) in [5.74, 6) is 0.710. The predicted octanol–water partition coefficient (Wildman–Crippen LogP) is 17.5. The lowest BCUT2D eigenvalue weighted by Crippen LogP contribution is -2.15. The van der Waals surface area contributed by atoms with Gasteiger partial charge >= 0.3 is 0 Å². The van der Waals surface area contributed by atoms with Gasteiger partial charge in [0, 0.05) is 71.9 Å². The fourth-order valence-electron chi connectivity index (χ4n) is 11.8. The average molecular weight is 921 g/mol. The Labute approximate surface area is 415 Å². The van der Waals surface area contributed by atoms with E-state index < -0.39 is 0 Å². The molecule has 0 amide bonds. The number of nitrogens with zero attached hydrogens (tertiary/aromatic N) is 4. The Morgan fingerprint density at radius 1 is 0.333 bits per heavy atom. The van der Waals surface area contributed by atoms with Crippen LogP contribution in [0, 0.1) is 0 Å². The first-order chi connectivity index (χ1) is 35.4. The van der Waals surface area contributed by atoms with Crippen LogP contribution in [0.4, 0.5) is 0 Å². The Morgan fingerprint density at radius 3 is 1.64 bits per heavy atom. The number of para-hydroxylation sites is 3. The van der Waals surface area contributed by atoms with Crippen molar-refractivity contribution in [1.82, 2.24) is 19.1 Å². The molecule has 5 heteroatoms. The standard InChI is InChI=1S/C67H44N4O/c1-67(2)56-32-28-44(45-29-33-61-52(35-45)54-37-55-49-23-13-15-25-64(49)72-65(55)40-63(54)70(61)46-20-10-5-11-21-46)34-50(56)51-36-53-48-22-12-14-24-60(48)71(62(53)38-57(51)67)47-30-26-42(27-31-47)59-39-58(41-16-6-3-7-17-41)68-66(69-59)43-18-8-4-9-19-43/h3-40H,1-2H3. The maximum absolute atomic E-state index is 6.43. The molecule has 72 heavy (non-hydrogen) atoms. The van der Waals surface area contributed by atoms with Gasteiger partial charge in [-0.05, 0) is 112 Å². The lowest BCUT2D eigenvalue weighted by molar-refractivity contribution is 0.661. The van der Waals surface area contributed by atoms with Crippen LogP contribution >= 0.6 is 0 Å². The van der Waals surface area contributed by atoms with Gasteiger partial charge in [0.05, 0.1) is 33.5 Å². The number of benzene rings is 10. The third-order valence-corrected chi connectivity index (χ3v) is 15.3. The monoisotopic (exact) mass is 920 g/mol. The van der Waals surface area contributed by atoms with E-state index in [4.69, 9.17) is 14.4 Å². The third kappa shape index (κ3) is 6.07. The van der Waals surface area contributed by atoms with E-state index in [0.29, 0.717) is 5.82 Å². The summed E-state index contributed by atoms with van der Waals surface area (Å²) in [5.41, 5.74) is 21.0. The van der Waals surface area contributed by atoms with E-state index in [-0.39, 0.29) is 5.41 Å². The van der Waals surface area contributed by atoms with Crippen molar-refractivity contribution in [2.24, 2.45) is 0 Å². The molecule has 4 aromatic heterocycles. The molecule has 0 saturated carbocycles. The fraction of sp³-hybridized carbons (Fsp3) is 0.0448. The van der Waals surface area contributed by atoms with E-state index in [1.165, 1.54) is 71.5 Å². The topological polar surface area (TPSA) is 48.8 Å². The molecule has 1 aliphatic rings. The van der Waals surface area contributed by atoms with E-state index >= 15 is 0 Å². The molecule has 0 spiro atoms. The molecular formula is C67H44N4O. The van der Waals surface area contributed by atoms with Crippen LogP contribution in [-0.4, -0.2) is 19.1 Å². The number of furan rings is 1. The van der Waals surface area contributed by atoms with Crippen molar-refractivity contribution < 1.29 is 4.42 Å². The highest BCUT2D eigenvalue weighted by Crippen LogP contribution is 2.52. The van der Waals surface area contributed by atoms with Crippen molar-refractivity contribution in [1.29, 1.82) is 0 Å². The Hall–Kier alpha value is -9.32. The maximum Gasteiger partial charge on any atom is 0.160 e. The van der Waals surface area contributed by atoms with Gasteiger partial charge in [-0.1, -0.05) is 159 Å². The molecule has 0 saturated heterocycles. The first-order valence-electron chi connectivity index (χ1n) is 24.7. The van der Waals surface area contributed by atoms with Gasteiger partial charge in [-0.2, -0.15) is 0 Å². The third-order valence-electron chi connectivity index (χ3n) is 15.3. The smallest absolute Gasteiger partial charge is 0.160 e. The molecule has 0 aliphatic heterocycles. The molecule has 0 atom stereocenters. The van der Waals surface area contributed by atoms with Crippen LogP contribution in [0.15, 0.2) is 235 Å². The zero-order chi connectivity index (χ0) is 47.7.